The highest BCUT2D eigenvalue weighted by atomic mass is 16.5. The minimum atomic E-state index is 0.311. The standard InChI is InChI=1S/C15H23NO2/c1-11-3-6-13(7-4-11)16-10-12-5-8-14(18-2)9-15(12)17/h5,8-9,11,13,16-17H,3-4,6-7,10H2,1-2H3. The van der Waals surface area contributed by atoms with E-state index in [9.17, 15) is 5.11 Å². The molecule has 2 N–H and O–H groups in total. The Balaban J connectivity index is 1.86. The lowest BCUT2D eigenvalue weighted by molar-refractivity contribution is 0.305. The largest absolute Gasteiger partial charge is 0.507 e. The molecule has 0 unspecified atom stereocenters. The zero-order valence-electron chi connectivity index (χ0n) is 11.3. The summed E-state index contributed by atoms with van der Waals surface area (Å²) in [6, 6.07) is 6.08. The van der Waals surface area contributed by atoms with Crippen molar-refractivity contribution in [2.75, 3.05) is 7.11 Å². The normalized spacial score (nSPS) is 23.9. The average Bonchev–Trinajstić information content (AvgIpc) is 2.39. The molecule has 0 spiro atoms. The van der Waals surface area contributed by atoms with Crippen LogP contribution in [0.15, 0.2) is 18.2 Å². The third-order valence-electron chi connectivity index (χ3n) is 3.89. The number of ether oxygens (including phenoxy) is 1. The van der Waals surface area contributed by atoms with Crippen molar-refractivity contribution in [3.8, 4) is 11.5 Å². The van der Waals surface area contributed by atoms with Gasteiger partial charge in [0.2, 0.25) is 0 Å². The first-order valence-electron chi connectivity index (χ1n) is 6.78. The Kier molecular flexibility index (Phi) is 4.48. The van der Waals surface area contributed by atoms with E-state index in [0.717, 1.165) is 18.0 Å². The summed E-state index contributed by atoms with van der Waals surface area (Å²) in [7, 11) is 1.61. The molecular weight excluding hydrogens is 226 g/mol. The lowest BCUT2D eigenvalue weighted by Crippen LogP contribution is -2.32. The van der Waals surface area contributed by atoms with Gasteiger partial charge in [-0.3, -0.25) is 0 Å². The average molecular weight is 249 g/mol. The molecule has 0 aromatic heterocycles. The maximum atomic E-state index is 9.87. The first kappa shape index (κ1) is 13.2. The van der Waals surface area contributed by atoms with Crippen LogP contribution >= 0.6 is 0 Å². The van der Waals surface area contributed by atoms with Crippen LogP contribution < -0.4 is 10.1 Å². The van der Waals surface area contributed by atoms with Gasteiger partial charge in [0, 0.05) is 24.2 Å². The number of phenolic OH excluding ortho intramolecular Hbond substituents is 1. The van der Waals surface area contributed by atoms with Crippen molar-refractivity contribution >= 4 is 0 Å². The van der Waals surface area contributed by atoms with Crippen LogP contribution in [0.3, 0.4) is 0 Å². The molecule has 3 nitrogen and oxygen atoms in total. The van der Waals surface area contributed by atoms with E-state index in [0.29, 0.717) is 17.5 Å². The van der Waals surface area contributed by atoms with E-state index >= 15 is 0 Å². The van der Waals surface area contributed by atoms with Crippen LogP contribution in [0.5, 0.6) is 11.5 Å². The number of methoxy groups -OCH3 is 1. The summed E-state index contributed by atoms with van der Waals surface area (Å²) in [6.07, 6.45) is 5.12. The second-order valence-corrected chi connectivity index (χ2v) is 5.33. The molecule has 0 amide bonds. The Bertz CT molecular complexity index is 384. The molecule has 1 fully saturated rings. The van der Waals surface area contributed by atoms with Gasteiger partial charge in [-0.05, 0) is 37.7 Å². The smallest absolute Gasteiger partial charge is 0.123 e. The monoisotopic (exact) mass is 249 g/mol. The second-order valence-electron chi connectivity index (χ2n) is 5.33. The number of benzene rings is 1. The number of nitrogens with one attached hydrogen (secondary N) is 1. The third kappa shape index (κ3) is 3.39. The maximum absolute atomic E-state index is 9.87. The summed E-state index contributed by atoms with van der Waals surface area (Å²) in [5.41, 5.74) is 0.939. The van der Waals surface area contributed by atoms with Crippen molar-refractivity contribution in [2.24, 2.45) is 5.92 Å². The van der Waals surface area contributed by atoms with Crippen molar-refractivity contribution in [1.29, 1.82) is 0 Å². The Labute approximate surface area is 109 Å². The Morgan fingerprint density at radius 1 is 1.28 bits per heavy atom. The van der Waals surface area contributed by atoms with Crippen molar-refractivity contribution in [3.05, 3.63) is 23.8 Å². The first-order chi connectivity index (χ1) is 8.69. The molecule has 18 heavy (non-hydrogen) atoms. The molecule has 2 rings (SSSR count). The molecule has 1 aromatic carbocycles. The highest BCUT2D eigenvalue weighted by molar-refractivity contribution is 5.39. The zero-order chi connectivity index (χ0) is 13.0. The molecule has 100 valence electrons. The summed E-state index contributed by atoms with van der Waals surface area (Å²) in [6.45, 7) is 3.06. The quantitative estimate of drug-likeness (QED) is 0.861. The molecular formula is C15H23NO2. The summed E-state index contributed by atoms with van der Waals surface area (Å²) >= 11 is 0. The highest BCUT2D eigenvalue weighted by Gasteiger charge is 2.17. The van der Waals surface area contributed by atoms with Gasteiger partial charge in [-0.2, -0.15) is 0 Å². The van der Waals surface area contributed by atoms with Crippen LogP contribution in [-0.4, -0.2) is 18.3 Å². The number of aromatic hydroxyl groups is 1. The highest BCUT2D eigenvalue weighted by Crippen LogP contribution is 2.26. The molecule has 0 aliphatic heterocycles. The molecule has 1 aliphatic carbocycles. The fourth-order valence-electron chi connectivity index (χ4n) is 2.54. The molecule has 0 heterocycles. The lowest BCUT2D eigenvalue weighted by atomic mass is 9.87. The van der Waals surface area contributed by atoms with Gasteiger partial charge in [-0.25, -0.2) is 0 Å². The predicted molar refractivity (Wildman–Crippen MR) is 72.9 cm³/mol. The van der Waals surface area contributed by atoms with Gasteiger partial charge >= 0.3 is 0 Å². The van der Waals surface area contributed by atoms with Gasteiger partial charge in [0.1, 0.15) is 11.5 Å². The fraction of sp³-hybridized carbons (Fsp3) is 0.600. The lowest BCUT2D eigenvalue weighted by Gasteiger charge is -2.27. The van der Waals surface area contributed by atoms with Gasteiger partial charge in [-0.1, -0.05) is 13.0 Å². The van der Waals surface area contributed by atoms with Gasteiger partial charge < -0.3 is 15.2 Å². The van der Waals surface area contributed by atoms with Crippen molar-refractivity contribution in [3.63, 3.8) is 0 Å². The van der Waals surface area contributed by atoms with E-state index in [1.807, 2.05) is 12.1 Å². The van der Waals surface area contributed by atoms with Gasteiger partial charge in [0.25, 0.3) is 0 Å². The fourth-order valence-corrected chi connectivity index (χ4v) is 2.54. The summed E-state index contributed by atoms with van der Waals surface area (Å²) in [5.74, 6) is 1.88. The third-order valence-corrected chi connectivity index (χ3v) is 3.89. The second kappa shape index (κ2) is 6.10. The van der Waals surface area contributed by atoms with E-state index in [1.165, 1.54) is 25.7 Å². The van der Waals surface area contributed by atoms with E-state index in [4.69, 9.17) is 4.74 Å². The molecule has 3 heteroatoms. The molecule has 1 saturated carbocycles. The predicted octanol–water partition coefficient (Wildman–Crippen LogP) is 3.07. The SMILES string of the molecule is COc1ccc(CNC2CCC(C)CC2)c(O)c1. The topological polar surface area (TPSA) is 41.5 Å². The van der Waals surface area contributed by atoms with E-state index in [-0.39, 0.29) is 0 Å². The Morgan fingerprint density at radius 3 is 2.61 bits per heavy atom. The Hall–Kier alpha value is -1.22. The van der Waals surface area contributed by atoms with Crippen LogP contribution in [0, 0.1) is 5.92 Å². The summed E-state index contributed by atoms with van der Waals surface area (Å²) in [5, 5.41) is 13.4. The number of rotatable bonds is 4. The van der Waals surface area contributed by atoms with Crippen LogP contribution in [0.25, 0.3) is 0 Å². The minimum absolute atomic E-state index is 0.311. The molecule has 0 radical (unpaired) electrons. The molecule has 0 bridgehead atoms. The maximum Gasteiger partial charge on any atom is 0.123 e. The molecule has 0 saturated heterocycles. The molecule has 0 atom stereocenters. The Morgan fingerprint density at radius 2 is 2.00 bits per heavy atom. The van der Waals surface area contributed by atoms with Crippen LogP contribution in [0.4, 0.5) is 0 Å². The van der Waals surface area contributed by atoms with Crippen molar-refractivity contribution < 1.29 is 9.84 Å². The minimum Gasteiger partial charge on any atom is -0.507 e. The zero-order valence-corrected chi connectivity index (χ0v) is 11.3. The first-order valence-corrected chi connectivity index (χ1v) is 6.78. The van der Waals surface area contributed by atoms with Crippen LogP contribution in [0.2, 0.25) is 0 Å². The van der Waals surface area contributed by atoms with Crippen LogP contribution in [-0.2, 0) is 6.54 Å². The van der Waals surface area contributed by atoms with E-state index < -0.39 is 0 Å². The van der Waals surface area contributed by atoms with Gasteiger partial charge in [0.05, 0.1) is 7.11 Å². The van der Waals surface area contributed by atoms with E-state index in [1.54, 1.807) is 13.2 Å². The number of hydrogen-bond acceptors (Lipinski definition) is 3. The molecule has 1 aromatic rings. The number of hydrogen-bond donors (Lipinski definition) is 2. The van der Waals surface area contributed by atoms with Crippen molar-refractivity contribution in [1.82, 2.24) is 5.32 Å². The summed E-state index contributed by atoms with van der Waals surface area (Å²) in [4.78, 5) is 0. The van der Waals surface area contributed by atoms with Crippen LogP contribution in [0.1, 0.15) is 38.2 Å². The van der Waals surface area contributed by atoms with E-state index in [2.05, 4.69) is 12.2 Å². The molecule has 1 aliphatic rings. The summed E-state index contributed by atoms with van der Waals surface area (Å²) < 4.78 is 5.08. The van der Waals surface area contributed by atoms with Gasteiger partial charge in [0.15, 0.2) is 0 Å². The number of phenols is 1. The van der Waals surface area contributed by atoms with Gasteiger partial charge in [-0.15, -0.1) is 0 Å². The van der Waals surface area contributed by atoms with Crippen molar-refractivity contribution in [2.45, 2.75) is 45.2 Å².